The fraction of sp³-hybridized carbons (Fsp3) is 0.467. The molecule has 4 nitrogen and oxygen atoms in total. The van der Waals surface area contributed by atoms with Crippen LogP contribution >= 0.6 is 0 Å². The standard InChI is InChI=1S/C15H21NO3/c1-11(9-13(17)18)14(19)16-10-15(2,3)12-7-5-4-6-8-12/h4-8,11H,9-10H2,1-3H3,(H,16,19)(H,17,18). The van der Waals surface area contributed by atoms with Gasteiger partial charge in [0.05, 0.1) is 6.42 Å². The first-order valence-corrected chi connectivity index (χ1v) is 6.38. The van der Waals surface area contributed by atoms with Crippen LogP contribution in [0.4, 0.5) is 0 Å². The average Bonchev–Trinajstić information content (AvgIpc) is 2.36. The van der Waals surface area contributed by atoms with E-state index in [-0.39, 0.29) is 17.7 Å². The molecule has 1 aromatic carbocycles. The quantitative estimate of drug-likeness (QED) is 0.826. The Kier molecular flexibility index (Phi) is 5.10. The predicted octanol–water partition coefficient (Wildman–Crippen LogP) is 2.19. The first-order chi connectivity index (χ1) is 8.83. The Labute approximate surface area is 113 Å². The van der Waals surface area contributed by atoms with Crippen molar-refractivity contribution in [2.45, 2.75) is 32.6 Å². The molecule has 0 saturated carbocycles. The highest BCUT2D eigenvalue weighted by atomic mass is 16.4. The molecule has 0 spiro atoms. The summed E-state index contributed by atoms with van der Waals surface area (Å²) in [6, 6.07) is 9.92. The molecule has 19 heavy (non-hydrogen) atoms. The largest absolute Gasteiger partial charge is 0.481 e. The summed E-state index contributed by atoms with van der Waals surface area (Å²) in [6.45, 7) is 6.20. The van der Waals surface area contributed by atoms with Gasteiger partial charge < -0.3 is 10.4 Å². The van der Waals surface area contributed by atoms with E-state index in [4.69, 9.17) is 5.11 Å². The van der Waals surface area contributed by atoms with Gasteiger partial charge in [0.2, 0.25) is 5.91 Å². The molecule has 4 heteroatoms. The fourth-order valence-electron chi connectivity index (χ4n) is 1.83. The Bertz CT molecular complexity index is 440. The second-order valence-corrected chi connectivity index (χ2v) is 5.47. The third kappa shape index (κ3) is 4.73. The Morgan fingerprint density at radius 1 is 1.26 bits per heavy atom. The van der Waals surface area contributed by atoms with E-state index in [1.165, 1.54) is 0 Å². The first-order valence-electron chi connectivity index (χ1n) is 6.38. The van der Waals surface area contributed by atoms with Gasteiger partial charge in [-0.2, -0.15) is 0 Å². The average molecular weight is 263 g/mol. The number of hydrogen-bond acceptors (Lipinski definition) is 2. The van der Waals surface area contributed by atoms with E-state index in [0.29, 0.717) is 6.54 Å². The molecule has 0 aliphatic heterocycles. The number of rotatable bonds is 6. The molecular weight excluding hydrogens is 242 g/mol. The lowest BCUT2D eigenvalue weighted by atomic mass is 9.84. The van der Waals surface area contributed by atoms with Crippen molar-refractivity contribution in [3.8, 4) is 0 Å². The fourth-order valence-corrected chi connectivity index (χ4v) is 1.83. The molecule has 0 radical (unpaired) electrons. The van der Waals surface area contributed by atoms with E-state index in [1.54, 1.807) is 6.92 Å². The molecule has 1 unspecified atom stereocenters. The molecule has 0 aromatic heterocycles. The SMILES string of the molecule is CC(CC(=O)O)C(=O)NCC(C)(C)c1ccccc1. The summed E-state index contributed by atoms with van der Waals surface area (Å²) in [5.74, 6) is -1.68. The molecular formula is C15H21NO3. The number of carboxylic acids is 1. The molecule has 1 amide bonds. The number of carbonyl (C=O) groups is 2. The van der Waals surface area contributed by atoms with Crippen LogP contribution in [0.1, 0.15) is 32.8 Å². The van der Waals surface area contributed by atoms with Crippen LogP contribution in [0, 0.1) is 5.92 Å². The van der Waals surface area contributed by atoms with Crippen LogP contribution in [-0.4, -0.2) is 23.5 Å². The Balaban J connectivity index is 2.56. The van der Waals surface area contributed by atoms with Crippen molar-refractivity contribution in [2.75, 3.05) is 6.54 Å². The second-order valence-electron chi connectivity index (χ2n) is 5.47. The molecule has 0 heterocycles. The molecule has 0 aliphatic rings. The van der Waals surface area contributed by atoms with Gasteiger partial charge in [0, 0.05) is 17.9 Å². The molecule has 0 saturated heterocycles. The lowest BCUT2D eigenvalue weighted by molar-refractivity contribution is -0.140. The lowest BCUT2D eigenvalue weighted by Gasteiger charge is -2.26. The van der Waals surface area contributed by atoms with E-state index in [0.717, 1.165) is 5.56 Å². The van der Waals surface area contributed by atoms with E-state index in [9.17, 15) is 9.59 Å². The highest BCUT2D eigenvalue weighted by Crippen LogP contribution is 2.21. The maximum atomic E-state index is 11.8. The van der Waals surface area contributed by atoms with Crippen molar-refractivity contribution in [1.82, 2.24) is 5.32 Å². The van der Waals surface area contributed by atoms with Crippen molar-refractivity contribution >= 4 is 11.9 Å². The molecule has 2 N–H and O–H groups in total. The van der Waals surface area contributed by atoms with E-state index in [1.807, 2.05) is 44.2 Å². The molecule has 1 atom stereocenters. The van der Waals surface area contributed by atoms with E-state index in [2.05, 4.69) is 5.32 Å². The van der Waals surface area contributed by atoms with Crippen molar-refractivity contribution in [1.29, 1.82) is 0 Å². The van der Waals surface area contributed by atoms with Gasteiger partial charge >= 0.3 is 5.97 Å². The van der Waals surface area contributed by atoms with Gasteiger partial charge in [-0.25, -0.2) is 0 Å². The van der Waals surface area contributed by atoms with Crippen LogP contribution in [0.15, 0.2) is 30.3 Å². The minimum atomic E-state index is -0.954. The van der Waals surface area contributed by atoms with Gasteiger partial charge in [0.1, 0.15) is 0 Å². The van der Waals surface area contributed by atoms with Gasteiger partial charge in [-0.15, -0.1) is 0 Å². The molecule has 0 fully saturated rings. The molecule has 104 valence electrons. The summed E-state index contributed by atoms with van der Waals surface area (Å²) in [4.78, 5) is 22.3. The zero-order chi connectivity index (χ0) is 14.5. The Hall–Kier alpha value is -1.84. The number of carbonyl (C=O) groups excluding carboxylic acids is 1. The van der Waals surface area contributed by atoms with Gasteiger partial charge in [-0.05, 0) is 5.56 Å². The van der Waals surface area contributed by atoms with Crippen LogP contribution in [0.3, 0.4) is 0 Å². The Morgan fingerprint density at radius 3 is 2.37 bits per heavy atom. The Morgan fingerprint density at radius 2 is 1.84 bits per heavy atom. The summed E-state index contributed by atoms with van der Waals surface area (Å²) in [6.07, 6.45) is -0.141. The topological polar surface area (TPSA) is 66.4 Å². The number of benzene rings is 1. The zero-order valence-corrected chi connectivity index (χ0v) is 11.6. The van der Waals surface area contributed by atoms with Crippen LogP contribution in [-0.2, 0) is 15.0 Å². The van der Waals surface area contributed by atoms with Crippen LogP contribution in [0.2, 0.25) is 0 Å². The number of aliphatic carboxylic acids is 1. The van der Waals surface area contributed by atoms with E-state index < -0.39 is 11.9 Å². The first kappa shape index (κ1) is 15.2. The van der Waals surface area contributed by atoms with E-state index >= 15 is 0 Å². The van der Waals surface area contributed by atoms with Crippen molar-refractivity contribution in [2.24, 2.45) is 5.92 Å². The highest BCUT2D eigenvalue weighted by molar-refractivity contribution is 5.82. The molecule has 1 rings (SSSR count). The second kappa shape index (κ2) is 6.36. The number of nitrogens with one attached hydrogen (secondary N) is 1. The van der Waals surface area contributed by atoms with Gasteiger partial charge in [0.15, 0.2) is 0 Å². The highest BCUT2D eigenvalue weighted by Gasteiger charge is 2.23. The predicted molar refractivity (Wildman–Crippen MR) is 73.9 cm³/mol. The van der Waals surface area contributed by atoms with Gasteiger partial charge in [-0.1, -0.05) is 51.1 Å². The minimum Gasteiger partial charge on any atom is -0.481 e. The zero-order valence-electron chi connectivity index (χ0n) is 11.6. The smallest absolute Gasteiger partial charge is 0.304 e. The van der Waals surface area contributed by atoms with Gasteiger partial charge in [0.25, 0.3) is 0 Å². The summed E-state index contributed by atoms with van der Waals surface area (Å²) in [7, 11) is 0. The maximum absolute atomic E-state index is 11.8. The number of amides is 1. The normalized spacial score (nSPS) is 12.8. The molecule has 0 aliphatic carbocycles. The monoisotopic (exact) mass is 263 g/mol. The maximum Gasteiger partial charge on any atom is 0.304 e. The summed E-state index contributed by atoms with van der Waals surface area (Å²) in [5, 5.41) is 11.5. The van der Waals surface area contributed by atoms with Crippen molar-refractivity contribution in [3.05, 3.63) is 35.9 Å². The molecule has 0 bridgehead atoms. The van der Waals surface area contributed by atoms with Crippen molar-refractivity contribution in [3.63, 3.8) is 0 Å². The lowest BCUT2D eigenvalue weighted by Crippen LogP contribution is -2.39. The van der Waals surface area contributed by atoms with Crippen molar-refractivity contribution < 1.29 is 14.7 Å². The third-order valence-corrected chi connectivity index (χ3v) is 3.19. The van der Waals surface area contributed by atoms with Crippen LogP contribution in [0.5, 0.6) is 0 Å². The van der Waals surface area contributed by atoms with Crippen LogP contribution in [0.25, 0.3) is 0 Å². The number of carboxylic acid groups (broad SMARTS) is 1. The minimum absolute atomic E-state index is 0.141. The summed E-state index contributed by atoms with van der Waals surface area (Å²) >= 11 is 0. The summed E-state index contributed by atoms with van der Waals surface area (Å²) < 4.78 is 0. The van der Waals surface area contributed by atoms with Gasteiger partial charge in [-0.3, -0.25) is 9.59 Å². The third-order valence-electron chi connectivity index (χ3n) is 3.19. The number of hydrogen-bond donors (Lipinski definition) is 2. The summed E-state index contributed by atoms with van der Waals surface area (Å²) in [5.41, 5.74) is 0.959. The van der Waals surface area contributed by atoms with Crippen LogP contribution < -0.4 is 5.32 Å². The molecule has 1 aromatic rings.